The molecule has 2 atom stereocenters. The van der Waals surface area contributed by atoms with Crippen molar-refractivity contribution in [1.29, 1.82) is 0 Å². The lowest BCUT2D eigenvalue weighted by Gasteiger charge is -2.23. The molecular formula is C17H26F3NO. The molecule has 1 unspecified atom stereocenters. The number of rotatable bonds is 5. The molecule has 1 aromatic carbocycles. The van der Waals surface area contributed by atoms with Crippen LogP contribution in [0.3, 0.4) is 0 Å². The Hall–Kier alpha value is -1.07. The van der Waals surface area contributed by atoms with Gasteiger partial charge >= 0.3 is 6.18 Å². The topological polar surface area (TPSA) is 46.2 Å². The van der Waals surface area contributed by atoms with Gasteiger partial charge in [-0.1, -0.05) is 39.0 Å². The van der Waals surface area contributed by atoms with Crippen molar-refractivity contribution in [3.8, 4) is 0 Å². The molecular weight excluding hydrogens is 291 g/mol. The number of aliphatic hydroxyl groups excluding tert-OH is 1. The fourth-order valence-electron chi connectivity index (χ4n) is 2.27. The number of alkyl halides is 3. The van der Waals surface area contributed by atoms with Gasteiger partial charge in [-0.3, -0.25) is 0 Å². The minimum Gasteiger partial charge on any atom is -0.379 e. The molecule has 0 radical (unpaired) electrons. The van der Waals surface area contributed by atoms with Gasteiger partial charge in [0.2, 0.25) is 0 Å². The number of hydrogen-bond acceptors (Lipinski definition) is 2. The van der Waals surface area contributed by atoms with Crippen LogP contribution in [0.2, 0.25) is 0 Å². The van der Waals surface area contributed by atoms with Crippen molar-refractivity contribution in [2.24, 2.45) is 5.73 Å². The first-order valence-corrected chi connectivity index (χ1v) is 7.56. The highest BCUT2D eigenvalue weighted by atomic mass is 19.4. The molecule has 0 heterocycles. The van der Waals surface area contributed by atoms with E-state index in [4.69, 9.17) is 5.73 Å². The second-order valence-electron chi connectivity index (χ2n) is 7.03. The molecule has 5 heteroatoms. The number of aliphatic hydroxyl groups is 1. The second-order valence-corrected chi connectivity index (χ2v) is 7.03. The molecule has 0 spiro atoms. The largest absolute Gasteiger partial charge is 0.418 e. The molecule has 1 aromatic rings. The van der Waals surface area contributed by atoms with E-state index < -0.39 is 12.3 Å². The van der Waals surface area contributed by atoms with Gasteiger partial charge in [0, 0.05) is 6.04 Å². The van der Waals surface area contributed by atoms with Gasteiger partial charge < -0.3 is 10.8 Å². The molecule has 0 saturated carbocycles. The van der Waals surface area contributed by atoms with Crippen molar-refractivity contribution in [2.45, 2.75) is 70.7 Å². The van der Waals surface area contributed by atoms with E-state index in [2.05, 4.69) is 0 Å². The Bertz CT molecular complexity index is 490. The molecule has 0 amide bonds. The zero-order valence-electron chi connectivity index (χ0n) is 13.7. The molecule has 1 rings (SSSR count). The Morgan fingerprint density at radius 1 is 1.14 bits per heavy atom. The SMILES string of the molecule is C[C@H](N)CCCc1cc(C(O)C(F)(F)F)cc(C(C)(C)C)c1. The van der Waals surface area contributed by atoms with E-state index in [0.29, 0.717) is 6.42 Å². The molecule has 3 N–H and O–H groups in total. The molecule has 0 saturated heterocycles. The third-order valence-electron chi connectivity index (χ3n) is 3.63. The smallest absolute Gasteiger partial charge is 0.379 e. The highest BCUT2D eigenvalue weighted by Gasteiger charge is 2.39. The summed E-state index contributed by atoms with van der Waals surface area (Å²) in [6.07, 6.45) is -4.81. The van der Waals surface area contributed by atoms with E-state index in [1.165, 1.54) is 12.1 Å². The summed E-state index contributed by atoms with van der Waals surface area (Å²) in [5.41, 5.74) is 6.94. The third-order valence-corrected chi connectivity index (χ3v) is 3.63. The molecule has 0 aliphatic rings. The summed E-state index contributed by atoms with van der Waals surface area (Å²) < 4.78 is 38.4. The molecule has 0 aromatic heterocycles. The van der Waals surface area contributed by atoms with E-state index in [0.717, 1.165) is 24.0 Å². The van der Waals surface area contributed by atoms with Gasteiger partial charge in [0.1, 0.15) is 0 Å². The summed E-state index contributed by atoms with van der Waals surface area (Å²) in [5.74, 6) is 0. The normalized spacial score (nSPS) is 15.7. The van der Waals surface area contributed by atoms with Gasteiger partial charge in [-0.05, 0) is 48.3 Å². The predicted octanol–water partition coefficient (Wildman–Crippen LogP) is 4.25. The molecule has 0 bridgehead atoms. The lowest BCUT2D eigenvalue weighted by Crippen LogP contribution is -2.21. The Kier molecular flexibility index (Phi) is 6.04. The minimum atomic E-state index is -4.65. The van der Waals surface area contributed by atoms with Crippen LogP contribution in [0.15, 0.2) is 18.2 Å². The Labute approximate surface area is 130 Å². The molecule has 22 heavy (non-hydrogen) atoms. The Morgan fingerprint density at radius 3 is 2.18 bits per heavy atom. The van der Waals surface area contributed by atoms with Gasteiger partial charge in [0.25, 0.3) is 0 Å². The standard InChI is InChI=1S/C17H26F3NO/c1-11(21)6-5-7-12-8-13(15(22)17(18,19)20)10-14(9-12)16(2,3)4/h8-11,15,22H,5-7,21H2,1-4H3/t11-,15?/m0/s1. The van der Waals surface area contributed by atoms with Crippen LogP contribution in [0.5, 0.6) is 0 Å². The summed E-state index contributed by atoms with van der Waals surface area (Å²) in [7, 11) is 0. The maximum atomic E-state index is 12.8. The van der Waals surface area contributed by atoms with Gasteiger partial charge in [0.15, 0.2) is 6.10 Å². The van der Waals surface area contributed by atoms with Crippen LogP contribution in [-0.4, -0.2) is 17.3 Å². The lowest BCUT2D eigenvalue weighted by atomic mass is 9.83. The van der Waals surface area contributed by atoms with Crippen LogP contribution < -0.4 is 5.73 Å². The van der Waals surface area contributed by atoms with Crippen molar-refractivity contribution in [3.63, 3.8) is 0 Å². The summed E-state index contributed by atoms with van der Waals surface area (Å²) in [6, 6.07) is 4.90. The molecule has 0 aliphatic heterocycles. The second kappa shape index (κ2) is 7.01. The van der Waals surface area contributed by atoms with Gasteiger partial charge in [-0.2, -0.15) is 13.2 Å². The average molecular weight is 317 g/mol. The fourth-order valence-corrected chi connectivity index (χ4v) is 2.27. The maximum absolute atomic E-state index is 12.8. The van der Waals surface area contributed by atoms with Crippen molar-refractivity contribution < 1.29 is 18.3 Å². The number of halogens is 3. The highest BCUT2D eigenvalue weighted by Crippen LogP contribution is 2.35. The Balaban J connectivity index is 3.11. The quantitative estimate of drug-likeness (QED) is 0.853. The van der Waals surface area contributed by atoms with Crippen LogP contribution >= 0.6 is 0 Å². The van der Waals surface area contributed by atoms with Gasteiger partial charge in [-0.25, -0.2) is 0 Å². The number of benzene rings is 1. The zero-order chi connectivity index (χ0) is 17.1. The predicted molar refractivity (Wildman–Crippen MR) is 82.7 cm³/mol. The van der Waals surface area contributed by atoms with E-state index in [1.54, 1.807) is 0 Å². The monoisotopic (exact) mass is 317 g/mol. The van der Waals surface area contributed by atoms with E-state index in [-0.39, 0.29) is 17.0 Å². The summed E-state index contributed by atoms with van der Waals surface area (Å²) in [4.78, 5) is 0. The van der Waals surface area contributed by atoms with E-state index >= 15 is 0 Å². The Morgan fingerprint density at radius 2 is 1.73 bits per heavy atom. The summed E-state index contributed by atoms with van der Waals surface area (Å²) in [6.45, 7) is 7.73. The minimum absolute atomic E-state index is 0.0750. The molecule has 0 aliphatic carbocycles. The van der Waals surface area contributed by atoms with Crippen LogP contribution in [0.1, 0.15) is 63.3 Å². The van der Waals surface area contributed by atoms with Crippen LogP contribution in [0, 0.1) is 0 Å². The molecule has 0 fully saturated rings. The fraction of sp³-hybridized carbons (Fsp3) is 0.647. The average Bonchev–Trinajstić information content (AvgIpc) is 2.35. The van der Waals surface area contributed by atoms with E-state index in [1.807, 2.05) is 33.8 Å². The van der Waals surface area contributed by atoms with E-state index in [9.17, 15) is 18.3 Å². The van der Waals surface area contributed by atoms with Crippen molar-refractivity contribution in [3.05, 3.63) is 34.9 Å². The molecule has 2 nitrogen and oxygen atoms in total. The van der Waals surface area contributed by atoms with Gasteiger partial charge in [-0.15, -0.1) is 0 Å². The first kappa shape index (κ1) is 19.0. The van der Waals surface area contributed by atoms with Crippen molar-refractivity contribution in [2.75, 3.05) is 0 Å². The first-order valence-electron chi connectivity index (χ1n) is 7.56. The van der Waals surface area contributed by atoms with Crippen LogP contribution in [0.25, 0.3) is 0 Å². The zero-order valence-corrected chi connectivity index (χ0v) is 13.7. The number of nitrogens with two attached hydrogens (primary N) is 1. The highest BCUT2D eigenvalue weighted by molar-refractivity contribution is 5.35. The summed E-state index contributed by atoms with van der Waals surface area (Å²) >= 11 is 0. The van der Waals surface area contributed by atoms with Crippen LogP contribution in [0.4, 0.5) is 13.2 Å². The number of hydrogen-bond donors (Lipinski definition) is 2. The van der Waals surface area contributed by atoms with Crippen LogP contribution in [-0.2, 0) is 11.8 Å². The first-order chi connectivity index (χ1) is 9.91. The van der Waals surface area contributed by atoms with Gasteiger partial charge in [0.05, 0.1) is 0 Å². The number of aryl methyl sites for hydroxylation is 1. The lowest BCUT2D eigenvalue weighted by molar-refractivity contribution is -0.206. The summed E-state index contributed by atoms with van der Waals surface area (Å²) in [5, 5.41) is 9.54. The molecule has 126 valence electrons. The van der Waals surface area contributed by atoms with Crippen molar-refractivity contribution in [1.82, 2.24) is 0 Å². The third kappa shape index (κ3) is 5.61. The van der Waals surface area contributed by atoms with Crippen molar-refractivity contribution >= 4 is 0 Å². The maximum Gasteiger partial charge on any atom is 0.418 e.